The predicted molar refractivity (Wildman–Crippen MR) is 99.4 cm³/mol. The molecule has 4 rings (SSSR count). The molecule has 1 amide bonds. The minimum atomic E-state index is -1.15. The van der Waals surface area contributed by atoms with Gasteiger partial charge in [0.1, 0.15) is 0 Å². The maximum atomic E-state index is 10.7. The van der Waals surface area contributed by atoms with E-state index in [0.717, 1.165) is 25.9 Å². The van der Waals surface area contributed by atoms with Crippen LogP contribution in [-0.4, -0.2) is 26.2 Å². The van der Waals surface area contributed by atoms with Crippen molar-refractivity contribution in [3.05, 3.63) is 54.0 Å². The molecule has 4 aromatic rings. The van der Waals surface area contributed by atoms with Gasteiger partial charge in [-0.2, -0.15) is 0 Å². The number of nitrogens with one attached hydrogen (secondary N) is 2. The zero-order valence-electron chi connectivity index (χ0n) is 12.8. The number of carboxylic acid groups (broad SMARTS) is 1. The topological polar surface area (TPSA) is 90.9 Å². The van der Waals surface area contributed by atoms with E-state index in [9.17, 15) is 4.79 Å². The van der Waals surface area contributed by atoms with Gasteiger partial charge in [0.15, 0.2) is 0 Å². The standard InChI is InChI=1S/C17H12N4O2S2/c22-17(23)21-16-19-12-5-3-10(8-14(12)20-16)25-11-4-6-13(18-9-11)15-2-1-7-24-15/h1-9H,(H,22,23)(H2,19,20,21). The third kappa shape index (κ3) is 3.49. The highest BCUT2D eigenvalue weighted by molar-refractivity contribution is 7.99. The summed E-state index contributed by atoms with van der Waals surface area (Å²) >= 11 is 3.25. The zero-order chi connectivity index (χ0) is 17.2. The number of aromatic amines is 1. The molecule has 3 heterocycles. The molecule has 0 aliphatic heterocycles. The van der Waals surface area contributed by atoms with Gasteiger partial charge in [-0.3, -0.25) is 10.3 Å². The summed E-state index contributed by atoms with van der Waals surface area (Å²) in [7, 11) is 0. The normalized spacial score (nSPS) is 10.9. The molecule has 6 nitrogen and oxygen atoms in total. The second-order valence-corrected chi connectivity index (χ2v) is 7.25. The van der Waals surface area contributed by atoms with Gasteiger partial charge in [0.25, 0.3) is 0 Å². The van der Waals surface area contributed by atoms with Crippen molar-refractivity contribution in [1.29, 1.82) is 0 Å². The monoisotopic (exact) mass is 368 g/mol. The molecule has 0 unspecified atom stereocenters. The first-order chi connectivity index (χ1) is 12.2. The lowest BCUT2D eigenvalue weighted by Gasteiger charge is -2.02. The van der Waals surface area contributed by atoms with Gasteiger partial charge in [0.2, 0.25) is 5.95 Å². The molecule has 25 heavy (non-hydrogen) atoms. The smallest absolute Gasteiger partial charge is 0.411 e. The Bertz CT molecular complexity index is 1030. The minimum Gasteiger partial charge on any atom is -0.465 e. The highest BCUT2D eigenvalue weighted by Gasteiger charge is 2.07. The quantitative estimate of drug-likeness (QED) is 0.475. The first kappa shape index (κ1) is 15.7. The molecule has 124 valence electrons. The van der Waals surface area contributed by atoms with Crippen LogP contribution in [-0.2, 0) is 0 Å². The number of anilines is 1. The van der Waals surface area contributed by atoms with Crippen LogP contribution in [0.1, 0.15) is 0 Å². The van der Waals surface area contributed by atoms with Crippen LogP contribution >= 0.6 is 23.1 Å². The van der Waals surface area contributed by atoms with Crippen LogP contribution < -0.4 is 5.32 Å². The maximum absolute atomic E-state index is 10.7. The number of benzene rings is 1. The number of carbonyl (C=O) groups is 1. The summed E-state index contributed by atoms with van der Waals surface area (Å²) in [5.74, 6) is 0.214. The molecule has 3 aromatic heterocycles. The molecule has 8 heteroatoms. The molecule has 0 spiro atoms. The molecule has 0 saturated carbocycles. The van der Waals surface area contributed by atoms with Crippen LogP contribution in [0.4, 0.5) is 10.7 Å². The first-order valence-electron chi connectivity index (χ1n) is 7.35. The molecule has 0 bridgehead atoms. The molecule has 3 N–H and O–H groups in total. The largest absolute Gasteiger partial charge is 0.465 e. The number of thiophene rings is 1. The van der Waals surface area contributed by atoms with Crippen LogP contribution in [0.3, 0.4) is 0 Å². The van der Waals surface area contributed by atoms with Crippen molar-refractivity contribution in [3.63, 3.8) is 0 Å². The molecule has 1 aromatic carbocycles. The molecule has 0 fully saturated rings. The summed E-state index contributed by atoms with van der Waals surface area (Å²) in [6, 6.07) is 13.9. The van der Waals surface area contributed by atoms with E-state index in [0.29, 0.717) is 5.52 Å². The van der Waals surface area contributed by atoms with Crippen molar-refractivity contribution >= 4 is 46.2 Å². The van der Waals surface area contributed by atoms with E-state index in [1.165, 1.54) is 0 Å². The molecule has 0 aliphatic rings. The van der Waals surface area contributed by atoms with Gasteiger partial charge >= 0.3 is 6.09 Å². The molecule has 0 radical (unpaired) electrons. The third-order valence-corrected chi connectivity index (χ3v) is 5.28. The van der Waals surface area contributed by atoms with Crippen molar-refractivity contribution in [2.75, 3.05) is 5.32 Å². The van der Waals surface area contributed by atoms with Gasteiger partial charge in [-0.25, -0.2) is 9.78 Å². The van der Waals surface area contributed by atoms with Crippen LogP contribution in [0.15, 0.2) is 63.8 Å². The lowest BCUT2D eigenvalue weighted by atomic mass is 10.3. The van der Waals surface area contributed by atoms with Crippen LogP contribution in [0, 0.1) is 0 Å². The predicted octanol–water partition coefficient (Wildman–Crippen LogP) is 4.93. The Morgan fingerprint density at radius 1 is 1.20 bits per heavy atom. The molecule has 0 saturated heterocycles. The summed E-state index contributed by atoms with van der Waals surface area (Å²) in [6.45, 7) is 0. The first-order valence-corrected chi connectivity index (χ1v) is 9.04. The number of imidazole rings is 1. The molecule has 0 atom stereocenters. The molecular formula is C17H12N4O2S2. The number of nitrogens with zero attached hydrogens (tertiary/aromatic N) is 2. The molecule has 0 aliphatic carbocycles. The number of pyridine rings is 1. The van der Waals surface area contributed by atoms with Gasteiger partial charge in [-0.1, -0.05) is 17.8 Å². The van der Waals surface area contributed by atoms with Crippen molar-refractivity contribution in [3.8, 4) is 10.6 Å². The van der Waals surface area contributed by atoms with E-state index in [2.05, 4.69) is 20.3 Å². The third-order valence-electron chi connectivity index (χ3n) is 3.43. The SMILES string of the molecule is O=C(O)Nc1nc2cc(Sc3ccc(-c4cccs4)nc3)ccc2[nH]1. The van der Waals surface area contributed by atoms with E-state index in [4.69, 9.17) is 5.11 Å². The van der Waals surface area contributed by atoms with Crippen molar-refractivity contribution < 1.29 is 9.90 Å². The maximum Gasteiger partial charge on any atom is 0.411 e. The Hall–Kier alpha value is -2.84. The Kier molecular flexibility index (Phi) is 4.12. The Morgan fingerprint density at radius 3 is 2.80 bits per heavy atom. The fraction of sp³-hybridized carbons (Fsp3) is 0. The average molecular weight is 368 g/mol. The highest BCUT2D eigenvalue weighted by atomic mass is 32.2. The van der Waals surface area contributed by atoms with Gasteiger partial charge in [-0.05, 0) is 41.8 Å². The van der Waals surface area contributed by atoms with Crippen molar-refractivity contribution in [2.24, 2.45) is 0 Å². The average Bonchev–Trinajstić information content (AvgIpc) is 3.24. The fourth-order valence-electron chi connectivity index (χ4n) is 2.36. The van der Waals surface area contributed by atoms with Crippen LogP contribution in [0.2, 0.25) is 0 Å². The lowest BCUT2D eigenvalue weighted by molar-refractivity contribution is 0.209. The van der Waals surface area contributed by atoms with Gasteiger partial charge in [0, 0.05) is 16.0 Å². The van der Waals surface area contributed by atoms with Crippen molar-refractivity contribution in [1.82, 2.24) is 15.0 Å². The van der Waals surface area contributed by atoms with Gasteiger partial charge in [0.05, 0.1) is 21.6 Å². The Labute approximate surface area is 151 Å². The Balaban J connectivity index is 1.54. The zero-order valence-corrected chi connectivity index (χ0v) is 14.4. The van der Waals surface area contributed by atoms with Crippen LogP contribution in [0.25, 0.3) is 21.6 Å². The number of H-pyrrole nitrogens is 1. The number of aromatic nitrogens is 3. The van der Waals surface area contributed by atoms with Gasteiger partial charge in [-0.15, -0.1) is 11.3 Å². The summed E-state index contributed by atoms with van der Waals surface area (Å²) in [4.78, 5) is 25.5. The number of fused-ring (bicyclic) bond motifs is 1. The van der Waals surface area contributed by atoms with Crippen molar-refractivity contribution in [2.45, 2.75) is 9.79 Å². The second kappa shape index (κ2) is 6.58. The number of rotatable bonds is 4. The van der Waals surface area contributed by atoms with Gasteiger partial charge < -0.3 is 10.1 Å². The fourth-order valence-corrected chi connectivity index (χ4v) is 3.88. The summed E-state index contributed by atoms with van der Waals surface area (Å²) in [5.41, 5.74) is 2.45. The molecular weight excluding hydrogens is 356 g/mol. The second-order valence-electron chi connectivity index (χ2n) is 5.15. The summed E-state index contributed by atoms with van der Waals surface area (Å²) in [6.07, 6.45) is 0.705. The van der Waals surface area contributed by atoms with Crippen LogP contribution in [0.5, 0.6) is 0 Å². The van der Waals surface area contributed by atoms with E-state index >= 15 is 0 Å². The summed E-state index contributed by atoms with van der Waals surface area (Å²) < 4.78 is 0. The van der Waals surface area contributed by atoms with E-state index in [-0.39, 0.29) is 5.95 Å². The van der Waals surface area contributed by atoms with E-state index < -0.39 is 6.09 Å². The number of amides is 1. The number of hydrogen-bond donors (Lipinski definition) is 3. The minimum absolute atomic E-state index is 0.214. The summed E-state index contributed by atoms with van der Waals surface area (Å²) in [5, 5.41) is 13.0. The van der Waals surface area contributed by atoms with E-state index in [1.807, 2.05) is 54.0 Å². The lowest BCUT2D eigenvalue weighted by Crippen LogP contribution is -2.08. The van der Waals surface area contributed by atoms with E-state index in [1.54, 1.807) is 23.1 Å². The highest BCUT2D eigenvalue weighted by Crippen LogP contribution is 2.31. The Morgan fingerprint density at radius 2 is 2.08 bits per heavy atom. The number of hydrogen-bond acceptors (Lipinski definition) is 5.